The highest BCUT2D eigenvalue weighted by Crippen LogP contribution is 2.08. The lowest BCUT2D eigenvalue weighted by atomic mass is 10.3. The zero-order valence-electron chi connectivity index (χ0n) is 7.97. The summed E-state index contributed by atoms with van der Waals surface area (Å²) in [6.07, 6.45) is 2.59. The molecule has 0 spiro atoms. The van der Waals surface area contributed by atoms with Crippen LogP contribution in [0.4, 0.5) is 5.95 Å². The molecule has 6 heteroatoms. The number of hydrogen-bond acceptors (Lipinski definition) is 4. The predicted molar refractivity (Wildman–Crippen MR) is 60.1 cm³/mol. The molecule has 0 saturated heterocycles. The first kappa shape index (κ1) is 10.1. The van der Waals surface area contributed by atoms with Crippen molar-refractivity contribution >= 4 is 21.9 Å². The van der Waals surface area contributed by atoms with Gasteiger partial charge in [-0.1, -0.05) is 6.07 Å². The Balaban J connectivity index is 2.02. The number of pyridine rings is 1. The van der Waals surface area contributed by atoms with E-state index in [-0.39, 0.29) is 5.95 Å². The van der Waals surface area contributed by atoms with Crippen LogP contribution >= 0.6 is 15.9 Å². The van der Waals surface area contributed by atoms with Gasteiger partial charge in [0, 0.05) is 24.9 Å². The molecule has 0 saturated carbocycles. The largest absolute Gasteiger partial charge is 0.366 e. The average Bonchev–Trinajstić information content (AvgIpc) is 2.56. The third-order valence-electron chi connectivity index (χ3n) is 1.95. The van der Waals surface area contributed by atoms with Gasteiger partial charge in [0.25, 0.3) is 0 Å². The monoisotopic (exact) mass is 267 g/mol. The number of aromatic nitrogens is 4. The molecule has 78 valence electrons. The Morgan fingerprint density at radius 1 is 1.40 bits per heavy atom. The third-order valence-corrected chi connectivity index (χ3v) is 2.54. The maximum absolute atomic E-state index is 5.46. The van der Waals surface area contributed by atoms with Gasteiger partial charge in [-0.2, -0.15) is 4.98 Å². The van der Waals surface area contributed by atoms with Gasteiger partial charge in [0.2, 0.25) is 5.95 Å². The third kappa shape index (κ3) is 2.53. The molecule has 0 atom stereocenters. The van der Waals surface area contributed by atoms with Gasteiger partial charge in [0.15, 0.2) is 4.73 Å². The van der Waals surface area contributed by atoms with Gasteiger partial charge < -0.3 is 5.73 Å². The highest BCUT2D eigenvalue weighted by atomic mass is 79.9. The number of nitrogens with two attached hydrogens (primary N) is 1. The molecule has 0 bridgehead atoms. The first-order valence-electron chi connectivity index (χ1n) is 4.51. The van der Waals surface area contributed by atoms with Gasteiger partial charge in [0.05, 0.1) is 0 Å². The molecule has 0 aliphatic rings. The molecule has 2 aromatic rings. The molecule has 0 unspecified atom stereocenters. The van der Waals surface area contributed by atoms with Gasteiger partial charge in [-0.15, -0.1) is 5.10 Å². The van der Waals surface area contributed by atoms with Crippen molar-refractivity contribution in [2.45, 2.75) is 13.0 Å². The van der Waals surface area contributed by atoms with Gasteiger partial charge in [-0.3, -0.25) is 4.98 Å². The summed E-state index contributed by atoms with van der Waals surface area (Å²) in [6.45, 7) is 0.710. The topological polar surface area (TPSA) is 69.6 Å². The van der Waals surface area contributed by atoms with Crippen molar-refractivity contribution in [3.8, 4) is 0 Å². The van der Waals surface area contributed by atoms with E-state index in [1.165, 1.54) is 0 Å². The summed E-state index contributed by atoms with van der Waals surface area (Å²) >= 11 is 3.28. The van der Waals surface area contributed by atoms with Crippen LogP contribution in [0.1, 0.15) is 5.69 Å². The lowest BCUT2D eigenvalue weighted by molar-refractivity contribution is 0.595. The summed E-state index contributed by atoms with van der Waals surface area (Å²) in [7, 11) is 0. The molecule has 0 amide bonds. The van der Waals surface area contributed by atoms with E-state index in [1.807, 2.05) is 18.2 Å². The fraction of sp³-hybridized carbons (Fsp3) is 0.222. The molecule has 2 rings (SSSR count). The van der Waals surface area contributed by atoms with Gasteiger partial charge in [-0.05, 0) is 28.1 Å². The lowest BCUT2D eigenvalue weighted by Crippen LogP contribution is -2.05. The minimum atomic E-state index is 0.280. The fourth-order valence-corrected chi connectivity index (χ4v) is 1.69. The molecule has 0 radical (unpaired) electrons. The van der Waals surface area contributed by atoms with Crippen LogP contribution in [0, 0.1) is 0 Å². The van der Waals surface area contributed by atoms with Crippen LogP contribution in [0.5, 0.6) is 0 Å². The Kier molecular flexibility index (Phi) is 2.96. The SMILES string of the molecule is Nc1nc(Br)n(CCc2ccccn2)n1. The molecule has 5 nitrogen and oxygen atoms in total. The van der Waals surface area contributed by atoms with Crippen molar-refractivity contribution in [2.24, 2.45) is 0 Å². The summed E-state index contributed by atoms with van der Waals surface area (Å²) in [5, 5.41) is 4.03. The summed E-state index contributed by atoms with van der Waals surface area (Å²) in [5.74, 6) is 0.280. The maximum atomic E-state index is 5.46. The van der Waals surface area contributed by atoms with Crippen LogP contribution < -0.4 is 5.73 Å². The van der Waals surface area contributed by atoms with Crippen molar-refractivity contribution in [1.29, 1.82) is 0 Å². The highest BCUT2D eigenvalue weighted by molar-refractivity contribution is 9.10. The first-order valence-corrected chi connectivity index (χ1v) is 5.31. The van der Waals surface area contributed by atoms with Crippen molar-refractivity contribution in [1.82, 2.24) is 19.7 Å². The summed E-state index contributed by atoms with van der Waals surface area (Å²) < 4.78 is 2.36. The molecule has 0 aliphatic heterocycles. The van der Waals surface area contributed by atoms with Crippen LogP contribution in [-0.2, 0) is 13.0 Å². The van der Waals surface area contributed by atoms with Crippen LogP contribution in [-0.4, -0.2) is 19.7 Å². The smallest absolute Gasteiger partial charge is 0.240 e. The zero-order chi connectivity index (χ0) is 10.7. The van der Waals surface area contributed by atoms with Gasteiger partial charge >= 0.3 is 0 Å². The van der Waals surface area contributed by atoms with Gasteiger partial charge in [0.1, 0.15) is 0 Å². The standard InChI is InChI=1S/C9H10BrN5/c10-8-13-9(11)14-15(8)6-4-7-3-1-2-5-12-7/h1-3,5H,4,6H2,(H2,11,14). The molecular formula is C9H10BrN5. The molecular weight excluding hydrogens is 258 g/mol. The average molecular weight is 268 g/mol. The Labute approximate surface area is 95.5 Å². The number of nitrogen functional groups attached to an aromatic ring is 1. The minimum Gasteiger partial charge on any atom is -0.366 e. The van der Waals surface area contributed by atoms with Crippen LogP contribution in [0.2, 0.25) is 0 Å². The summed E-state index contributed by atoms with van der Waals surface area (Å²) in [4.78, 5) is 8.17. The quantitative estimate of drug-likeness (QED) is 0.909. The fourth-order valence-electron chi connectivity index (χ4n) is 1.25. The second-order valence-corrected chi connectivity index (χ2v) is 3.74. The number of rotatable bonds is 3. The molecule has 15 heavy (non-hydrogen) atoms. The molecule has 2 N–H and O–H groups in total. The van der Waals surface area contributed by atoms with Crippen molar-refractivity contribution in [2.75, 3.05) is 5.73 Å². The van der Waals surface area contributed by atoms with E-state index in [0.717, 1.165) is 12.1 Å². The first-order chi connectivity index (χ1) is 7.25. The summed E-state index contributed by atoms with van der Waals surface area (Å²) in [6, 6.07) is 5.84. The normalized spacial score (nSPS) is 10.5. The number of nitrogens with zero attached hydrogens (tertiary/aromatic N) is 4. The van der Waals surface area contributed by atoms with Crippen LogP contribution in [0.15, 0.2) is 29.1 Å². The van der Waals surface area contributed by atoms with Crippen molar-refractivity contribution in [3.05, 3.63) is 34.8 Å². The van der Waals surface area contributed by atoms with E-state index in [2.05, 4.69) is 31.0 Å². The van der Waals surface area contributed by atoms with Crippen molar-refractivity contribution < 1.29 is 0 Å². The van der Waals surface area contributed by atoms with E-state index in [4.69, 9.17) is 5.73 Å². The molecule has 2 heterocycles. The highest BCUT2D eigenvalue weighted by Gasteiger charge is 2.04. The molecule has 0 aromatic carbocycles. The molecule has 2 aromatic heterocycles. The number of anilines is 1. The second kappa shape index (κ2) is 4.39. The lowest BCUT2D eigenvalue weighted by Gasteiger charge is -2.01. The minimum absolute atomic E-state index is 0.280. The van der Waals surface area contributed by atoms with E-state index >= 15 is 0 Å². The Morgan fingerprint density at radius 2 is 2.27 bits per heavy atom. The van der Waals surface area contributed by atoms with Crippen LogP contribution in [0.25, 0.3) is 0 Å². The van der Waals surface area contributed by atoms with E-state index in [9.17, 15) is 0 Å². The Hall–Kier alpha value is -1.43. The molecule has 0 fully saturated rings. The van der Waals surface area contributed by atoms with E-state index in [1.54, 1.807) is 10.9 Å². The zero-order valence-corrected chi connectivity index (χ0v) is 9.55. The van der Waals surface area contributed by atoms with E-state index < -0.39 is 0 Å². The summed E-state index contributed by atoms with van der Waals surface area (Å²) in [5.41, 5.74) is 6.49. The Morgan fingerprint density at radius 3 is 2.87 bits per heavy atom. The maximum Gasteiger partial charge on any atom is 0.240 e. The van der Waals surface area contributed by atoms with Gasteiger partial charge in [-0.25, -0.2) is 4.68 Å². The van der Waals surface area contributed by atoms with Crippen LogP contribution in [0.3, 0.4) is 0 Å². The predicted octanol–water partition coefficient (Wildman–Crippen LogP) is 1.26. The second-order valence-electron chi connectivity index (χ2n) is 3.03. The number of aryl methyl sites for hydroxylation is 2. The van der Waals surface area contributed by atoms with E-state index in [0.29, 0.717) is 11.3 Å². The Bertz CT molecular complexity index is 439. The molecule has 0 aliphatic carbocycles. The van der Waals surface area contributed by atoms with Crippen molar-refractivity contribution in [3.63, 3.8) is 0 Å². The number of halogens is 1. The number of hydrogen-bond donors (Lipinski definition) is 1.